The number of benzene rings is 2. The standard InChI is InChI=1S/C27H31NO8/c1-18(29)28-15-4-3-8-24(28)27(33)36-25(21-6-5-7-23(16-21)34-17-26(31)32)14-11-20-9-12-22(13-10-20)35-19(2)30/h5-7,9-10,12-13,16,24-25H,3-4,8,11,14-15,17H2,1-2H3,(H,31,32)/t24-,25?/m0/s1. The number of piperidine rings is 1. The fourth-order valence-corrected chi connectivity index (χ4v) is 4.20. The zero-order valence-corrected chi connectivity index (χ0v) is 20.5. The van der Waals surface area contributed by atoms with Gasteiger partial charge in [0.15, 0.2) is 6.61 Å². The topological polar surface area (TPSA) is 119 Å². The number of ether oxygens (including phenoxy) is 3. The number of esters is 2. The summed E-state index contributed by atoms with van der Waals surface area (Å²) in [5.74, 6) is -1.32. The second-order valence-corrected chi connectivity index (χ2v) is 8.68. The summed E-state index contributed by atoms with van der Waals surface area (Å²) >= 11 is 0. The molecule has 1 aliphatic heterocycles. The SMILES string of the molecule is CC(=O)Oc1ccc(CCC(OC(=O)[C@@H]2CCCCN2C(C)=O)c2cccc(OCC(=O)O)c2)cc1. The highest BCUT2D eigenvalue weighted by Crippen LogP contribution is 2.29. The van der Waals surface area contributed by atoms with Crippen molar-refractivity contribution in [3.63, 3.8) is 0 Å². The minimum absolute atomic E-state index is 0.162. The van der Waals surface area contributed by atoms with E-state index in [4.69, 9.17) is 19.3 Å². The van der Waals surface area contributed by atoms with Crippen LogP contribution in [0.25, 0.3) is 0 Å². The molecule has 2 atom stereocenters. The molecule has 3 rings (SSSR count). The minimum atomic E-state index is -1.10. The molecule has 1 aliphatic rings. The van der Waals surface area contributed by atoms with Gasteiger partial charge in [0.2, 0.25) is 5.91 Å². The first-order valence-corrected chi connectivity index (χ1v) is 11.9. The molecular formula is C27H31NO8. The van der Waals surface area contributed by atoms with Crippen LogP contribution in [0.1, 0.15) is 56.8 Å². The van der Waals surface area contributed by atoms with E-state index in [0.29, 0.717) is 42.9 Å². The fourth-order valence-electron chi connectivity index (χ4n) is 4.20. The number of carboxylic acid groups (broad SMARTS) is 1. The molecule has 1 unspecified atom stereocenters. The van der Waals surface area contributed by atoms with Crippen molar-refractivity contribution in [1.29, 1.82) is 0 Å². The van der Waals surface area contributed by atoms with E-state index in [2.05, 4.69) is 0 Å². The molecule has 1 fully saturated rings. The summed E-state index contributed by atoms with van der Waals surface area (Å²) in [6.45, 7) is 2.82. The van der Waals surface area contributed by atoms with Crippen LogP contribution in [0.2, 0.25) is 0 Å². The van der Waals surface area contributed by atoms with E-state index in [1.165, 1.54) is 13.8 Å². The van der Waals surface area contributed by atoms with Gasteiger partial charge in [0, 0.05) is 20.4 Å². The predicted octanol–water partition coefficient (Wildman–Crippen LogP) is 3.69. The Morgan fingerprint density at radius 2 is 1.78 bits per heavy atom. The Labute approximate surface area is 209 Å². The Balaban J connectivity index is 1.78. The Hall–Kier alpha value is -3.88. The summed E-state index contributed by atoms with van der Waals surface area (Å²) in [6, 6.07) is 13.2. The molecule has 36 heavy (non-hydrogen) atoms. The van der Waals surface area contributed by atoms with Crippen LogP contribution in [0.5, 0.6) is 11.5 Å². The Morgan fingerprint density at radius 3 is 2.44 bits per heavy atom. The number of hydrogen-bond acceptors (Lipinski definition) is 7. The molecular weight excluding hydrogens is 466 g/mol. The third kappa shape index (κ3) is 7.83. The molecule has 1 heterocycles. The molecule has 1 N–H and O–H groups in total. The fraction of sp³-hybridized carbons (Fsp3) is 0.407. The molecule has 2 aromatic carbocycles. The number of carbonyl (C=O) groups is 4. The largest absolute Gasteiger partial charge is 0.482 e. The van der Waals surface area contributed by atoms with Gasteiger partial charge in [-0.25, -0.2) is 9.59 Å². The molecule has 0 saturated carbocycles. The van der Waals surface area contributed by atoms with E-state index in [1.54, 1.807) is 41.3 Å². The van der Waals surface area contributed by atoms with Crippen molar-refractivity contribution in [2.24, 2.45) is 0 Å². The third-order valence-electron chi connectivity index (χ3n) is 5.91. The minimum Gasteiger partial charge on any atom is -0.482 e. The number of rotatable bonds is 10. The van der Waals surface area contributed by atoms with Crippen LogP contribution < -0.4 is 9.47 Å². The van der Waals surface area contributed by atoms with Gasteiger partial charge in [-0.1, -0.05) is 24.3 Å². The molecule has 0 aliphatic carbocycles. The van der Waals surface area contributed by atoms with Gasteiger partial charge in [-0.05, 0) is 67.5 Å². The van der Waals surface area contributed by atoms with Gasteiger partial charge in [0.25, 0.3) is 0 Å². The van der Waals surface area contributed by atoms with Gasteiger partial charge in [-0.3, -0.25) is 9.59 Å². The van der Waals surface area contributed by atoms with Crippen molar-refractivity contribution in [3.05, 3.63) is 59.7 Å². The first-order valence-electron chi connectivity index (χ1n) is 11.9. The first-order chi connectivity index (χ1) is 17.2. The van der Waals surface area contributed by atoms with Crippen LogP contribution in [0.15, 0.2) is 48.5 Å². The van der Waals surface area contributed by atoms with Crippen molar-refractivity contribution in [2.45, 2.75) is 58.1 Å². The van der Waals surface area contributed by atoms with Crippen LogP contribution in [0.4, 0.5) is 0 Å². The van der Waals surface area contributed by atoms with Crippen molar-refractivity contribution < 1.29 is 38.5 Å². The van der Waals surface area contributed by atoms with Crippen LogP contribution in [0, 0.1) is 0 Å². The van der Waals surface area contributed by atoms with Crippen LogP contribution in [-0.4, -0.2) is 53.0 Å². The van der Waals surface area contributed by atoms with Gasteiger partial charge in [-0.15, -0.1) is 0 Å². The lowest BCUT2D eigenvalue weighted by molar-refractivity contribution is -0.161. The van der Waals surface area contributed by atoms with Crippen molar-refractivity contribution in [2.75, 3.05) is 13.2 Å². The molecule has 2 aromatic rings. The normalized spacial score (nSPS) is 16.1. The average Bonchev–Trinajstić information content (AvgIpc) is 2.85. The molecule has 1 saturated heterocycles. The van der Waals surface area contributed by atoms with E-state index in [0.717, 1.165) is 18.4 Å². The van der Waals surface area contributed by atoms with Gasteiger partial charge < -0.3 is 24.2 Å². The van der Waals surface area contributed by atoms with Gasteiger partial charge in [0.1, 0.15) is 23.6 Å². The number of carbonyl (C=O) groups excluding carboxylic acids is 3. The number of aliphatic carboxylic acids is 1. The Morgan fingerprint density at radius 1 is 1.03 bits per heavy atom. The summed E-state index contributed by atoms with van der Waals surface area (Å²) in [5, 5.41) is 8.91. The lowest BCUT2D eigenvalue weighted by atomic mass is 9.99. The van der Waals surface area contributed by atoms with Crippen LogP contribution >= 0.6 is 0 Å². The quantitative estimate of drug-likeness (QED) is 0.390. The maximum absolute atomic E-state index is 13.2. The maximum Gasteiger partial charge on any atom is 0.341 e. The third-order valence-corrected chi connectivity index (χ3v) is 5.91. The highest BCUT2D eigenvalue weighted by Gasteiger charge is 2.33. The summed E-state index contributed by atoms with van der Waals surface area (Å²) in [7, 11) is 0. The highest BCUT2D eigenvalue weighted by atomic mass is 16.5. The second-order valence-electron chi connectivity index (χ2n) is 8.68. The van der Waals surface area contributed by atoms with E-state index in [9.17, 15) is 19.2 Å². The maximum atomic E-state index is 13.2. The summed E-state index contributed by atoms with van der Waals surface area (Å²) in [5.41, 5.74) is 1.61. The zero-order valence-electron chi connectivity index (χ0n) is 20.5. The van der Waals surface area contributed by atoms with Crippen molar-refractivity contribution >= 4 is 23.8 Å². The number of aryl methyl sites for hydroxylation is 1. The Kier molecular flexibility index (Phi) is 9.44. The number of amides is 1. The molecule has 0 bridgehead atoms. The number of likely N-dealkylation sites (tertiary alicyclic amines) is 1. The van der Waals surface area contributed by atoms with Crippen molar-refractivity contribution in [3.8, 4) is 11.5 Å². The lowest BCUT2D eigenvalue weighted by Gasteiger charge is -2.34. The van der Waals surface area contributed by atoms with Gasteiger partial charge in [0.05, 0.1) is 0 Å². The molecule has 192 valence electrons. The number of carboxylic acids is 1. The van der Waals surface area contributed by atoms with Gasteiger partial charge in [-0.2, -0.15) is 0 Å². The van der Waals surface area contributed by atoms with Crippen LogP contribution in [-0.2, 0) is 30.3 Å². The molecule has 1 amide bonds. The van der Waals surface area contributed by atoms with Crippen molar-refractivity contribution in [1.82, 2.24) is 4.90 Å². The molecule has 9 heteroatoms. The molecule has 0 radical (unpaired) electrons. The summed E-state index contributed by atoms with van der Waals surface area (Å²) in [4.78, 5) is 48.8. The molecule has 9 nitrogen and oxygen atoms in total. The number of nitrogens with zero attached hydrogens (tertiary/aromatic N) is 1. The molecule has 0 spiro atoms. The predicted molar refractivity (Wildman–Crippen MR) is 130 cm³/mol. The van der Waals surface area contributed by atoms with Gasteiger partial charge >= 0.3 is 17.9 Å². The average molecular weight is 498 g/mol. The Bertz CT molecular complexity index is 1080. The zero-order chi connectivity index (χ0) is 26.1. The molecule has 0 aromatic heterocycles. The number of hydrogen-bond donors (Lipinski definition) is 1. The lowest BCUT2D eigenvalue weighted by Crippen LogP contribution is -2.48. The van der Waals surface area contributed by atoms with Crippen LogP contribution in [0.3, 0.4) is 0 Å². The monoisotopic (exact) mass is 497 g/mol. The van der Waals surface area contributed by atoms with E-state index in [-0.39, 0.29) is 5.91 Å². The van der Waals surface area contributed by atoms with E-state index in [1.807, 2.05) is 12.1 Å². The summed E-state index contributed by atoms with van der Waals surface area (Å²) in [6.07, 6.45) is 2.58. The highest BCUT2D eigenvalue weighted by molar-refractivity contribution is 5.83. The first kappa shape index (κ1) is 26.7. The summed E-state index contributed by atoms with van der Waals surface area (Å²) < 4.78 is 16.3. The smallest absolute Gasteiger partial charge is 0.341 e. The van der Waals surface area contributed by atoms with E-state index >= 15 is 0 Å². The van der Waals surface area contributed by atoms with E-state index < -0.39 is 36.7 Å². The second kappa shape index (κ2) is 12.7.